The van der Waals surface area contributed by atoms with Crippen LogP contribution in [0, 0.1) is 0 Å². The van der Waals surface area contributed by atoms with Gasteiger partial charge in [-0.25, -0.2) is 0 Å². The van der Waals surface area contributed by atoms with Gasteiger partial charge >= 0.3 is 0 Å². The molecule has 0 unspecified atom stereocenters. The summed E-state index contributed by atoms with van der Waals surface area (Å²) in [5, 5.41) is 0. The number of unbranched alkanes of at least 4 members (excludes halogenated alkanes) is 1. The van der Waals surface area contributed by atoms with Gasteiger partial charge in [-0.15, -0.1) is 0 Å². The largest absolute Gasteiger partial charge is 0.257 e. The molecule has 2 heteroatoms. The normalized spacial score (nSPS) is 15.3. The number of benzene rings is 2. The number of fused-ring (bicyclic) bond motifs is 2. The molecule has 2 aliphatic heterocycles. The second-order valence-corrected chi connectivity index (χ2v) is 6.17. The third kappa shape index (κ3) is 2.74. The van der Waals surface area contributed by atoms with Crippen molar-refractivity contribution in [3.8, 4) is 0 Å². The van der Waals surface area contributed by atoms with Gasteiger partial charge in [0.05, 0.1) is 11.4 Å². The fourth-order valence-electron chi connectivity index (χ4n) is 3.34. The number of nitrogens with zero attached hydrogens (tertiary/aromatic N) is 2. The van der Waals surface area contributed by atoms with Gasteiger partial charge in [0.2, 0.25) is 0 Å². The zero-order valence-corrected chi connectivity index (χ0v) is 12.8. The van der Waals surface area contributed by atoms with Gasteiger partial charge in [0.15, 0.2) is 0 Å². The van der Waals surface area contributed by atoms with E-state index in [0.717, 1.165) is 25.7 Å². The Kier molecular flexibility index (Phi) is 3.59. The lowest BCUT2D eigenvalue weighted by Gasteiger charge is -2.01. The van der Waals surface area contributed by atoms with Gasteiger partial charge < -0.3 is 0 Å². The predicted octanol–water partition coefficient (Wildman–Crippen LogP) is 5.20. The quantitative estimate of drug-likeness (QED) is 0.675. The van der Waals surface area contributed by atoms with Gasteiger partial charge in [0.1, 0.15) is 0 Å². The van der Waals surface area contributed by atoms with Crippen molar-refractivity contribution in [3.05, 3.63) is 59.7 Å². The van der Waals surface area contributed by atoms with E-state index in [1.165, 1.54) is 46.8 Å². The first-order chi connectivity index (χ1) is 10.9. The molecule has 110 valence electrons. The molecule has 0 amide bonds. The molecule has 0 spiro atoms. The van der Waals surface area contributed by atoms with Gasteiger partial charge in [-0.3, -0.25) is 9.98 Å². The van der Waals surface area contributed by atoms with Crippen LogP contribution >= 0.6 is 0 Å². The second kappa shape index (κ2) is 5.88. The number of hydrogen-bond acceptors (Lipinski definition) is 2. The fraction of sp³-hybridized carbons (Fsp3) is 0.300. The zero-order chi connectivity index (χ0) is 14.8. The summed E-state index contributed by atoms with van der Waals surface area (Å²) in [6.45, 7) is 0. The van der Waals surface area contributed by atoms with E-state index >= 15 is 0 Å². The number of rotatable bonds is 5. The van der Waals surface area contributed by atoms with Crippen molar-refractivity contribution in [2.24, 2.45) is 9.98 Å². The van der Waals surface area contributed by atoms with Gasteiger partial charge in [0.25, 0.3) is 0 Å². The topological polar surface area (TPSA) is 24.7 Å². The first kappa shape index (κ1) is 13.4. The zero-order valence-electron chi connectivity index (χ0n) is 12.8. The van der Waals surface area contributed by atoms with Gasteiger partial charge in [-0.05, 0) is 48.9 Å². The lowest BCUT2D eigenvalue weighted by molar-refractivity contribution is 0.788. The lowest BCUT2D eigenvalue weighted by atomic mass is 10.0. The number of para-hydroxylation sites is 2. The molecule has 2 aliphatic rings. The van der Waals surface area contributed by atoms with Gasteiger partial charge in [-0.2, -0.15) is 0 Å². The molecule has 4 rings (SSSR count). The third-order valence-corrected chi connectivity index (χ3v) is 4.51. The van der Waals surface area contributed by atoms with Crippen LogP contribution in [0.15, 0.2) is 58.5 Å². The van der Waals surface area contributed by atoms with Crippen molar-refractivity contribution < 1.29 is 0 Å². The molecular weight excluding hydrogens is 268 g/mol. The van der Waals surface area contributed by atoms with Crippen molar-refractivity contribution in [1.29, 1.82) is 0 Å². The van der Waals surface area contributed by atoms with E-state index in [2.05, 4.69) is 48.5 Å². The summed E-state index contributed by atoms with van der Waals surface area (Å²) in [7, 11) is 0. The molecule has 2 heterocycles. The van der Waals surface area contributed by atoms with E-state index < -0.39 is 0 Å². The van der Waals surface area contributed by atoms with Crippen molar-refractivity contribution in [1.82, 2.24) is 0 Å². The maximum atomic E-state index is 4.74. The Hall–Kier alpha value is -2.22. The molecule has 2 aromatic carbocycles. The maximum Gasteiger partial charge on any atom is 0.0664 e. The van der Waals surface area contributed by atoms with Crippen LogP contribution in [0.25, 0.3) is 0 Å². The van der Waals surface area contributed by atoms with Crippen molar-refractivity contribution in [3.63, 3.8) is 0 Å². The molecule has 0 radical (unpaired) electrons. The van der Waals surface area contributed by atoms with Crippen LogP contribution in [0.3, 0.4) is 0 Å². The molecule has 0 N–H and O–H groups in total. The van der Waals surface area contributed by atoms with E-state index in [0.29, 0.717) is 0 Å². The SMILES string of the molecule is c1ccc2c(c1)CC(CCCCC1=Nc3ccccc3C1)=N2. The minimum Gasteiger partial charge on any atom is -0.257 e. The van der Waals surface area contributed by atoms with Crippen LogP contribution in [-0.2, 0) is 12.8 Å². The average Bonchev–Trinajstić information content (AvgIpc) is 3.14. The average molecular weight is 288 g/mol. The highest BCUT2D eigenvalue weighted by Gasteiger charge is 2.15. The van der Waals surface area contributed by atoms with Gasteiger partial charge in [0, 0.05) is 24.3 Å². The summed E-state index contributed by atoms with van der Waals surface area (Å²) in [5.41, 5.74) is 7.80. The molecule has 0 aliphatic carbocycles. The smallest absolute Gasteiger partial charge is 0.0664 e. The van der Waals surface area contributed by atoms with E-state index in [1.54, 1.807) is 0 Å². The van der Waals surface area contributed by atoms with Crippen molar-refractivity contribution in [2.45, 2.75) is 38.5 Å². The van der Waals surface area contributed by atoms with E-state index in [4.69, 9.17) is 9.98 Å². The molecule has 0 fully saturated rings. The van der Waals surface area contributed by atoms with E-state index in [9.17, 15) is 0 Å². The van der Waals surface area contributed by atoms with Crippen LogP contribution in [0.1, 0.15) is 36.8 Å². The predicted molar refractivity (Wildman–Crippen MR) is 93.0 cm³/mol. The molecule has 2 nitrogen and oxygen atoms in total. The van der Waals surface area contributed by atoms with Crippen LogP contribution in [0.5, 0.6) is 0 Å². The number of hydrogen-bond donors (Lipinski definition) is 0. The highest BCUT2D eigenvalue weighted by Crippen LogP contribution is 2.29. The van der Waals surface area contributed by atoms with Crippen LogP contribution < -0.4 is 0 Å². The summed E-state index contributed by atoms with van der Waals surface area (Å²) in [5.74, 6) is 0. The van der Waals surface area contributed by atoms with Crippen LogP contribution in [0.2, 0.25) is 0 Å². The maximum absolute atomic E-state index is 4.74. The highest BCUT2D eigenvalue weighted by atomic mass is 14.8. The van der Waals surface area contributed by atoms with Crippen LogP contribution in [0.4, 0.5) is 11.4 Å². The summed E-state index contributed by atoms with van der Waals surface area (Å²) < 4.78 is 0. The molecular formula is C20H20N2. The monoisotopic (exact) mass is 288 g/mol. The standard InChI is InChI=1S/C20H20N2/c1-5-11-19-15(7-1)13-17(21-19)9-3-4-10-18-14-16-8-2-6-12-20(16)22-18/h1-2,5-8,11-12H,3-4,9-10,13-14H2. The Morgan fingerprint density at radius 1 is 0.636 bits per heavy atom. The Morgan fingerprint density at radius 3 is 1.55 bits per heavy atom. The first-order valence-electron chi connectivity index (χ1n) is 8.17. The fourth-order valence-corrected chi connectivity index (χ4v) is 3.34. The second-order valence-electron chi connectivity index (χ2n) is 6.17. The lowest BCUT2D eigenvalue weighted by Crippen LogP contribution is -2.01. The summed E-state index contributed by atoms with van der Waals surface area (Å²) in [4.78, 5) is 9.48. The van der Waals surface area contributed by atoms with Crippen molar-refractivity contribution >= 4 is 22.8 Å². The summed E-state index contributed by atoms with van der Waals surface area (Å²) in [6, 6.07) is 17.0. The molecule has 0 aromatic heterocycles. The highest BCUT2D eigenvalue weighted by molar-refractivity contribution is 5.95. The minimum absolute atomic E-state index is 1.04. The summed E-state index contributed by atoms with van der Waals surface area (Å²) >= 11 is 0. The molecule has 22 heavy (non-hydrogen) atoms. The van der Waals surface area contributed by atoms with Crippen LogP contribution in [-0.4, -0.2) is 11.4 Å². The Bertz CT molecular complexity index is 690. The third-order valence-electron chi connectivity index (χ3n) is 4.51. The molecule has 2 aromatic rings. The molecule has 0 saturated heterocycles. The van der Waals surface area contributed by atoms with Gasteiger partial charge in [-0.1, -0.05) is 36.4 Å². The Balaban J connectivity index is 1.25. The van der Waals surface area contributed by atoms with Crippen molar-refractivity contribution in [2.75, 3.05) is 0 Å². The minimum atomic E-state index is 1.04. The molecule has 0 saturated carbocycles. The van der Waals surface area contributed by atoms with E-state index in [-0.39, 0.29) is 0 Å². The molecule has 0 bridgehead atoms. The Morgan fingerprint density at radius 2 is 1.09 bits per heavy atom. The Labute approximate surface area is 131 Å². The number of aliphatic imine (C=N–C) groups is 2. The summed E-state index contributed by atoms with van der Waals surface area (Å²) in [6.07, 6.45) is 6.75. The van der Waals surface area contributed by atoms with E-state index in [1.807, 2.05) is 0 Å². The first-order valence-corrected chi connectivity index (χ1v) is 8.17. The molecule has 0 atom stereocenters.